The van der Waals surface area contributed by atoms with Crippen molar-refractivity contribution in [2.24, 2.45) is 0 Å². The van der Waals surface area contributed by atoms with Crippen LogP contribution in [0.3, 0.4) is 0 Å². The van der Waals surface area contributed by atoms with Gasteiger partial charge in [0.05, 0.1) is 17.6 Å². The summed E-state index contributed by atoms with van der Waals surface area (Å²) in [6.45, 7) is 0. The predicted molar refractivity (Wildman–Crippen MR) is 52.7 cm³/mol. The van der Waals surface area contributed by atoms with E-state index in [0.717, 1.165) is 6.07 Å². The Bertz CT molecular complexity index is 478. The lowest BCUT2D eigenvalue weighted by Gasteiger charge is -2.05. The summed E-state index contributed by atoms with van der Waals surface area (Å²) in [5, 5.41) is 20.7. The van der Waals surface area contributed by atoms with Gasteiger partial charge in [0.25, 0.3) is 11.6 Å². The number of benzene rings is 1. The fourth-order valence-corrected chi connectivity index (χ4v) is 1.11. The van der Waals surface area contributed by atoms with Crippen LogP contribution >= 0.6 is 0 Å². The second kappa shape index (κ2) is 4.75. The number of hydrogen-bond donors (Lipinski definition) is 1. The van der Waals surface area contributed by atoms with Gasteiger partial charge in [0.15, 0.2) is 6.19 Å². The molecule has 7 heteroatoms. The van der Waals surface area contributed by atoms with E-state index in [4.69, 9.17) is 10.00 Å². The molecule has 0 saturated carbocycles. The largest absolute Gasteiger partial charge is 0.496 e. The Hall–Kier alpha value is -2.62. The van der Waals surface area contributed by atoms with Crippen molar-refractivity contribution in [3.05, 3.63) is 33.9 Å². The molecule has 0 aliphatic heterocycles. The number of carbonyl (C=O) groups is 1. The lowest BCUT2D eigenvalue weighted by molar-refractivity contribution is -0.384. The van der Waals surface area contributed by atoms with Crippen LogP contribution in [-0.2, 0) is 0 Å². The third kappa shape index (κ3) is 2.24. The molecule has 0 aliphatic carbocycles. The Morgan fingerprint density at radius 1 is 1.62 bits per heavy atom. The van der Waals surface area contributed by atoms with E-state index in [0.29, 0.717) is 0 Å². The van der Waals surface area contributed by atoms with Crippen molar-refractivity contribution in [2.45, 2.75) is 0 Å². The van der Waals surface area contributed by atoms with E-state index in [-0.39, 0.29) is 17.0 Å². The molecule has 0 saturated heterocycles. The van der Waals surface area contributed by atoms with Gasteiger partial charge < -0.3 is 4.74 Å². The fourth-order valence-electron chi connectivity index (χ4n) is 1.11. The molecule has 1 N–H and O–H groups in total. The molecule has 0 aliphatic rings. The zero-order chi connectivity index (χ0) is 12.1. The Labute approximate surface area is 90.4 Å². The standard InChI is InChI=1S/C9H7N3O4/c1-16-8-3-2-6(12(14)15)4-7(8)9(13)11-5-10/h2-4H,1H3,(H,11,13). The van der Waals surface area contributed by atoms with Gasteiger partial charge in [-0.05, 0) is 6.07 Å². The van der Waals surface area contributed by atoms with Crippen LogP contribution in [0.15, 0.2) is 18.2 Å². The van der Waals surface area contributed by atoms with Gasteiger partial charge in [-0.2, -0.15) is 5.26 Å². The first-order valence-corrected chi connectivity index (χ1v) is 4.12. The Kier molecular flexibility index (Phi) is 3.40. The molecule has 1 aromatic carbocycles. The van der Waals surface area contributed by atoms with Crippen molar-refractivity contribution in [1.29, 1.82) is 5.26 Å². The Balaban J connectivity index is 3.23. The van der Waals surface area contributed by atoms with E-state index in [1.807, 2.05) is 5.32 Å². The van der Waals surface area contributed by atoms with Crippen molar-refractivity contribution in [1.82, 2.24) is 5.32 Å². The molecule has 0 unspecified atom stereocenters. The summed E-state index contributed by atoms with van der Waals surface area (Å²) in [4.78, 5) is 21.2. The summed E-state index contributed by atoms with van der Waals surface area (Å²) in [7, 11) is 1.32. The highest BCUT2D eigenvalue weighted by atomic mass is 16.6. The van der Waals surface area contributed by atoms with Crippen LogP contribution < -0.4 is 10.1 Å². The van der Waals surface area contributed by atoms with E-state index in [9.17, 15) is 14.9 Å². The monoisotopic (exact) mass is 221 g/mol. The molecule has 0 radical (unpaired) electrons. The van der Waals surface area contributed by atoms with Gasteiger partial charge in [-0.15, -0.1) is 0 Å². The number of nitro groups is 1. The number of amides is 1. The minimum absolute atomic E-state index is 0.0572. The Morgan fingerprint density at radius 3 is 2.81 bits per heavy atom. The molecule has 16 heavy (non-hydrogen) atoms. The molecule has 0 atom stereocenters. The number of carbonyl (C=O) groups excluding carboxylic acids is 1. The van der Waals surface area contributed by atoms with Crippen LogP contribution in [0.4, 0.5) is 5.69 Å². The predicted octanol–water partition coefficient (Wildman–Crippen LogP) is 0.814. The lowest BCUT2D eigenvalue weighted by Crippen LogP contribution is -2.18. The van der Waals surface area contributed by atoms with Crippen molar-refractivity contribution in [2.75, 3.05) is 7.11 Å². The van der Waals surface area contributed by atoms with Gasteiger partial charge in [0, 0.05) is 12.1 Å². The van der Waals surface area contributed by atoms with Crippen molar-refractivity contribution in [3.63, 3.8) is 0 Å². The molecule has 1 amide bonds. The summed E-state index contributed by atoms with van der Waals surface area (Å²) in [5.74, 6) is -0.582. The first-order valence-electron chi connectivity index (χ1n) is 4.12. The number of ether oxygens (including phenoxy) is 1. The maximum atomic E-state index is 11.4. The molecule has 1 aromatic rings. The van der Waals surface area contributed by atoms with Crippen LogP contribution in [0.25, 0.3) is 0 Å². The zero-order valence-corrected chi connectivity index (χ0v) is 8.26. The number of rotatable bonds is 3. The summed E-state index contributed by atoms with van der Waals surface area (Å²) in [5.41, 5.74) is -0.304. The first-order chi connectivity index (χ1) is 7.60. The summed E-state index contributed by atoms with van der Waals surface area (Å²) in [6.07, 6.45) is 1.44. The highest BCUT2D eigenvalue weighted by Crippen LogP contribution is 2.23. The zero-order valence-electron chi connectivity index (χ0n) is 8.26. The minimum Gasteiger partial charge on any atom is -0.496 e. The fraction of sp³-hybridized carbons (Fsp3) is 0.111. The second-order valence-electron chi connectivity index (χ2n) is 2.71. The van der Waals surface area contributed by atoms with Crippen LogP contribution in [0.2, 0.25) is 0 Å². The van der Waals surface area contributed by atoms with Crippen molar-refractivity contribution >= 4 is 11.6 Å². The third-order valence-electron chi connectivity index (χ3n) is 1.81. The van der Waals surface area contributed by atoms with Gasteiger partial charge in [-0.3, -0.25) is 20.2 Å². The van der Waals surface area contributed by atoms with Gasteiger partial charge in [0.1, 0.15) is 5.75 Å². The van der Waals surface area contributed by atoms with Gasteiger partial charge >= 0.3 is 0 Å². The van der Waals surface area contributed by atoms with Crippen LogP contribution in [-0.4, -0.2) is 17.9 Å². The van der Waals surface area contributed by atoms with Crippen molar-refractivity contribution in [3.8, 4) is 11.9 Å². The molecule has 7 nitrogen and oxygen atoms in total. The highest BCUT2D eigenvalue weighted by molar-refractivity contribution is 5.98. The second-order valence-corrected chi connectivity index (χ2v) is 2.71. The highest BCUT2D eigenvalue weighted by Gasteiger charge is 2.16. The van der Waals surface area contributed by atoms with E-state index in [1.165, 1.54) is 25.4 Å². The Morgan fingerprint density at radius 2 is 2.31 bits per heavy atom. The summed E-state index contributed by atoms with van der Waals surface area (Å²) >= 11 is 0. The molecular weight excluding hydrogens is 214 g/mol. The topological polar surface area (TPSA) is 105 Å². The minimum atomic E-state index is -0.747. The normalized spacial score (nSPS) is 9.00. The molecule has 0 aromatic heterocycles. The van der Waals surface area contributed by atoms with Crippen LogP contribution in [0.1, 0.15) is 10.4 Å². The quantitative estimate of drug-likeness (QED) is 0.352. The van der Waals surface area contributed by atoms with E-state index >= 15 is 0 Å². The molecule has 82 valence electrons. The number of nitrogens with one attached hydrogen (secondary N) is 1. The van der Waals surface area contributed by atoms with Crippen LogP contribution in [0.5, 0.6) is 5.75 Å². The van der Waals surface area contributed by atoms with Gasteiger partial charge in [-0.1, -0.05) is 0 Å². The number of nitro benzene ring substituents is 1. The average molecular weight is 221 g/mol. The van der Waals surface area contributed by atoms with Gasteiger partial charge in [-0.25, -0.2) is 0 Å². The van der Waals surface area contributed by atoms with E-state index in [2.05, 4.69) is 0 Å². The molecule has 0 heterocycles. The van der Waals surface area contributed by atoms with E-state index < -0.39 is 10.8 Å². The number of methoxy groups -OCH3 is 1. The average Bonchev–Trinajstić information content (AvgIpc) is 2.28. The number of nitriles is 1. The lowest BCUT2D eigenvalue weighted by atomic mass is 10.1. The first kappa shape index (κ1) is 11.5. The van der Waals surface area contributed by atoms with Gasteiger partial charge in [0.2, 0.25) is 0 Å². The smallest absolute Gasteiger partial charge is 0.270 e. The van der Waals surface area contributed by atoms with E-state index in [1.54, 1.807) is 0 Å². The number of nitrogens with zero attached hydrogens (tertiary/aromatic N) is 2. The molecule has 1 rings (SSSR count). The molecule has 0 fully saturated rings. The summed E-state index contributed by atoms with van der Waals surface area (Å²) < 4.78 is 4.85. The molecule has 0 bridgehead atoms. The SMILES string of the molecule is COc1ccc([N+](=O)[O-])cc1C(=O)NC#N. The van der Waals surface area contributed by atoms with Crippen molar-refractivity contribution < 1.29 is 14.5 Å². The number of non-ortho nitro benzene ring substituents is 1. The molecular formula is C9H7N3O4. The third-order valence-corrected chi connectivity index (χ3v) is 1.81. The number of hydrogen-bond acceptors (Lipinski definition) is 5. The molecule has 0 spiro atoms. The summed E-state index contributed by atoms with van der Waals surface area (Å²) in [6, 6.07) is 3.55. The maximum Gasteiger partial charge on any atom is 0.270 e. The van der Waals surface area contributed by atoms with Crippen LogP contribution in [0, 0.1) is 21.6 Å². The maximum absolute atomic E-state index is 11.4.